The summed E-state index contributed by atoms with van der Waals surface area (Å²) in [6.07, 6.45) is -2.82. The van der Waals surface area contributed by atoms with Crippen molar-refractivity contribution in [3.05, 3.63) is 0 Å². The quantitative estimate of drug-likeness (QED) is 0.315. The second-order valence-corrected chi connectivity index (χ2v) is 3.73. The molecule has 0 bridgehead atoms. The van der Waals surface area contributed by atoms with Gasteiger partial charge in [-0.1, -0.05) is 0 Å². The van der Waals surface area contributed by atoms with Crippen molar-refractivity contribution in [1.29, 1.82) is 0 Å². The van der Waals surface area contributed by atoms with Crippen LogP contribution in [0.4, 0.5) is 0 Å². The Morgan fingerprint density at radius 1 is 0.333 bits per heavy atom. The van der Waals surface area contributed by atoms with Gasteiger partial charge in [-0.25, -0.2) is 0 Å². The van der Waals surface area contributed by atoms with Gasteiger partial charge in [-0.15, -0.1) is 0 Å². The monoisotopic (exact) mass is 420 g/mol. The maximum Gasteiger partial charge on any atom is 2.00 e. The molecular weight excluding hydrogens is 409 g/mol. The third-order valence-electron chi connectivity index (χ3n) is 1.60. The molecule has 0 saturated heterocycles. The molecule has 0 saturated carbocycles. The maximum absolute atomic E-state index is 9.50. The molecule has 0 N–H and O–H groups in total. The van der Waals surface area contributed by atoms with E-state index in [2.05, 4.69) is 0 Å². The molecule has 0 aliphatic carbocycles. The van der Waals surface area contributed by atoms with Gasteiger partial charge in [0.15, 0.2) is 0 Å². The van der Waals surface area contributed by atoms with Crippen molar-refractivity contribution in [2.45, 2.75) is 38.5 Å². The molecular formula is C12H12Mg3O12. The zero-order chi connectivity index (χ0) is 19.7. The molecule has 0 atom stereocenters. The first kappa shape index (κ1) is 40.7. The van der Waals surface area contributed by atoms with Gasteiger partial charge in [-0.05, 0) is 38.5 Å². The minimum Gasteiger partial charge on any atom is -0.550 e. The minimum absolute atomic E-state index is 0. The summed E-state index contributed by atoms with van der Waals surface area (Å²) in [6, 6.07) is 0. The van der Waals surface area contributed by atoms with Crippen molar-refractivity contribution in [1.82, 2.24) is 0 Å². The third kappa shape index (κ3) is 67.3. The van der Waals surface area contributed by atoms with Crippen LogP contribution >= 0.6 is 0 Å². The molecule has 0 rings (SSSR count). The molecule has 0 spiro atoms. The number of rotatable bonds is 9. The molecule has 0 heterocycles. The van der Waals surface area contributed by atoms with E-state index in [0.717, 1.165) is 0 Å². The van der Waals surface area contributed by atoms with Crippen molar-refractivity contribution < 1.29 is 59.4 Å². The van der Waals surface area contributed by atoms with Crippen LogP contribution in [0.15, 0.2) is 0 Å². The number of hydrogen-bond acceptors (Lipinski definition) is 12. The second kappa shape index (κ2) is 27.3. The van der Waals surface area contributed by atoms with Crippen LogP contribution in [0.3, 0.4) is 0 Å². The molecule has 27 heavy (non-hydrogen) atoms. The van der Waals surface area contributed by atoms with Crippen molar-refractivity contribution in [2.24, 2.45) is 0 Å². The van der Waals surface area contributed by atoms with Crippen molar-refractivity contribution in [2.75, 3.05) is 0 Å². The molecule has 0 radical (unpaired) electrons. The Morgan fingerprint density at radius 3 is 0.444 bits per heavy atom. The Balaban J connectivity index is -0.0000000580. The van der Waals surface area contributed by atoms with Crippen molar-refractivity contribution >= 4 is 105 Å². The molecule has 15 heteroatoms. The topological polar surface area (TPSA) is 241 Å². The molecule has 12 nitrogen and oxygen atoms in total. The average molecular weight is 421 g/mol. The molecule has 0 aromatic rings. The van der Waals surface area contributed by atoms with E-state index in [4.69, 9.17) is 0 Å². The van der Waals surface area contributed by atoms with Crippen molar-refractivity contribution in [3.63, 3.8) is 0 Å². The van der Waals surface area contributed by atoms with Crippen LogP contribution in [0.2, 0.25) is 0 Å². The van der Waals surface area contributed by atoms with Gasteiger partial charge in [-0.3, -0.25) is 0 Å². The van der Waals surface area contributed by atoms with E-state index < -0.39 is 74.3 Å². The Hall–Kier alpha value is -0.881. The van der Waals surface area contributed by atoms with E-state index in [9.17, 15) is 59.4 Å². The Kier molecular flexibility index (Phi) is 41.2. The van der Waals surface area contributed by atoms with Gasteiger partial charge in [0.2, 0.25) is 0 Å². The SMILES string of the molecule is O=C([O-])CCC(=O)[O-].O=C([O-])CCC(=O)[O-].O=C([O-])CCC(=O)[O-].[Mg+2].[Mg+2].[Mg+2]. The third-order valence-corrected chi connectivity index (χ3v) is 1.60. The molecule has 0 fully saturated rings. The molecule has 138 valence electrons. The molecule has 0 aliphatic rings. The largest absolute Gasteiger partial charge is 2.00 e. The van der Waals surface area contributed by atoms with E-state index in [1.54, 1.807) is 0 Å². The standard InChI is InChI=1S/3C4H6O4.3Mg/c3*5-3(6)1-2-4(7)8;;;/h3*1-2H2,(H,5,6)(H,7,8);;;/q;;;3*+2/p-6. The molecule has 0 aromatic carbocycles. The van der Waals surface area contributed by atoms with Gasteiger partial charge in [0, 0.05) is 35.8 Å². The summed E-state index contributed by atoms with van der Waals surface area (Å²) in [5.74, 6) is -8.20. The van der Waals surface area contributed by atoms with Gasteiger partial charge in [-0.2, -0.15) is 0 Å². The van der Waals surface area contributed by atoms with Crippen LogP contribution in [0.25, 0.3) is 0 Å². The Bertz CT molecular complexity index is 358. The number of carbonyl (C=O) groups is 6. The Morgan fingerprint density at radius 2 is 0.407 bits per heavy atom. The van der Waals surface area contributed by atoms with Crippen LogP contribution in [0, 0.1) is 0 Å². The van der Waals surface area contributed by atoms with Gasteiger partial charge in [0.05, 0.1) is 0 Å². The molecule has 0 unspecified atom stereocenters. The number of carboxylic acids is 6. The summed E-state index contributed by atoms with van der Waals surface area (Å²) in [5.41, 5.74) is 0. The van der Waals surface area contributed by atoms with Crippen LogP contribution in [0.5, 0.6) is 0 Å². The fourth-order valence-corrected chi connectivity index (χ4v) is 0.612. The number of carboxylic acid groups (broad SMARTS) is 6. The first-order valence-corrected chi connectivity index (χ1v) is 6.07. The predicted octanol–water partition coefficient (Wildman–Crippen LogP) is -9.34. The summed E-state index contributed by atoms with van der Waals surface area (Å²) >= 11 is 0. The number of aliphatic carboxylic acids is 6. The van der Waals surface area contributed by atoms with Crippen LogP contribution in [0.1, 0.15) is 38.5 Å². The van der Waals surface area contributed by atoms with Crippen LogP contribution in [-0.2, 0) is 28.8 Å². The molecule has 0 aromatic heterocycles. The van der Waals surface area contributed by atoms with Crippen LogP contribution < -0.4 is 30.6 Å². The van der Waals surface area contributed by atoms with Gasteiger partial charge in [0.25, 0.3) is 0 Å². The predicted molar refractivity (Wildman–Crippen MR) is 75.0 cm³/mol. The summed E-state index contributed by atoms with van der Waals surface area (Å²) in [7, 11) is 0. The summed E-state index contributed by atoms with van der Waals surface area (Å²) < 4.78 is 0. The maximum atomic E-state index is 9.50. The average Bonchev–Trinajstić information content (AvgIpc) is 2.42. The first-order chi connectivity index (χ1) is 10.9. The van der Waals surface area contributed by atoms with E-state index in [1.807, 2.05) is 0 Å². The normalized spacial score (nSPS) is 7.56. The first-order valence-electron chi connectivity index (χ1n) is 6.07. The smallest absolute Gasteiger partial charge is 0.550 e. The fourth-order valence-electron chi connectivity index (χ4n) is 0.612. The minimum atomic E-state index is -1.37. The van der Waals surface area contributed by atoms with E-state index in [-0.39, 0.29) is 69.2 Å². The van der Waals surface area contributed by atoms with E-state index >= 15 is 0 Å². The van der Waals surface area contributed by atoms with Gasteiger partial charge in [0.1, 0.15) is 0 Å². The summed E-state index contributed by atoms with van der Waals surface area (Å²) in [6.45, 7) is 0. The fraction of sp³-hybridized carbons (Fsp3) is 0.500. The van der Waals surface area contributed by atoms with E-state index in [0.29, 0.717) is 0 Å². The van der Waals surface area contributed by atoms with Gasteiger partial charge >= 0.3 is 69.2 Å². The van der Waals surface area contributed by atoms with Gasteiger partial charge < -0.3 is 59.4 Å². The second-order valence-electron chi connectivity index (χ2n) is 3.73. The van der Waals surface area contributed by atoms with E-state index in [1.165, 1.54) is 0 Å². The molecule has 0 amide bonds. The van der Waals surface area contributed by atoms with Crippen LogP contribution in [-0.4, -0.2) is 105 Å². The number of hydrogen-bond donors (Lipinski definition) is 0. The zero-order valence-electron chi connectivity index (χ0n) is 14.3. The summed E-state index contributed by atoms with van der Waals surface area (Å²) in [4.78, 5) is 57.0. The molecule has 0 aliphatic heterocycles. The number of carbonyl (C=O) groups excluding carboxylic acids is 6. The summed E-state index contributed by atoms with van der Waals surface area (Å²) in [5, 5.41) is 57.0. The Labute approximate surface area is 201 Å². The van der Waals surface area contributed by atoms with Crippen molar-refractivity contribution in [3.8, 4) is 0 Å². The zero-order valence-corrected chi connectivity index (χ0v) is 18.5.